The Labute approximate surface area is 162 Å². The molecule has 3 rings (SSSR count). The number of sulfonamides is 1. The predicted octanol–water partition coefficient (Wildman–Crippen LogP) is 1.13. The van der Waals surface area contributed by atoms with Crippen LogP contribution in [-0.2, 0) is 19.6 Å². The summed E-state index contributed by atoms with van der Waals surface area (Å²) in [6.07, 6.45) is 2.78. The molecule has 0 unspecified atom stereocenters. The Morgan fingerprint density at radius 2 is 1.85 bits per heavy atom. The molecule has 3 heterocycles. The van der Waals surface area contributed by atoms with E-state index in [1.807, 2.05) is 13.8 Å². The molecule has 7 nitrogen and oxygen atoms in total. The molecule has 0 aliphatic carbocycles. The van der Waals surface area contributed by atoms with Crippen molar-refractivity contribution >= 4 is 21.8 Å². The third-order valence-electron chi connectivity index (χ3n) is 5.53. The predicted molar refractivity (Wildman–Crippen MR) is 103 cm³/mol. The normalized spacial score (nSPS) is 27.2. The molecular formula is C19H31N3O4S. The van der Waals surface area contributed by atoms with Gasteiger partial charge in [0, 0.05) is 26.2 Å². The van der Waals surface area contributed by atoms with Gasteiger partial charge in [0.1, 0.15) is 0 Å². The smallest absolute Gasteiger partial charge is 0.246 e. The lowest BCUT2D eigenvalue weighted by Crippen LogP contribution is -2.57. The topological polar surface area (TPSA) is 78.0 Å². The molecule has 2 amide bonds. The molecule has 2 fully saturated rings. The number of rotatable bonds is 4. The summed E-state index contributed by atoms with van der Waals surface area (Å²) in [6.45, 7) is 13.1. The fourth-order valence-corrected chi connectivity index (χ4v) is 5.57. The highest BCUT2D eigenvalue weighted by Crippen LogP contribution is 2.42. The minimum Gasteiger partial charge on any atom is -0.329 e. The van der Waals surface area contributed by atoms with Crippen LogP contribution >= 0.6 is 0 Å². The molecule has 8 heteroatoms. The van der Waals surface area contributed by atoms with E-state index in [1.165, 1.54) is 0 Å². The van der Waals surface area contributed by atoms with Gasteiger partial charge in [-0.25, -0.2) is 12.7 Å². The van der Waals surface area contributed by atoms with Crippen molar-refractivity contribution in [1.29, 1.82) is 0 Å². The summed E-state index contributed by atoms with van der Waals surface area (Å²) in [7, 11) is -3.69. The molecule has 3 aliphatic rings. The zero-order valence-corrected chi connectivity index (χ0v) is 17.9. The van der Waals surface area contributed by atoms with Crippen LogP contribution in [0.15, 0.2) is 11.8 Å². The van der Waals surface area contributed by atoms with E-state index in [4.69, 9.17) is 0 Å². The number of amides is 2. The standard InChI is InChI=1S/C19H31N3O4S/c1-12(2)15-16-14(22(18(15)24)27(6,25)26)7-8-21(16)17(23)13-9-20(10-13)11-19(3,4)5/h7,12-13,15-16H,8-11H2,1-6H3/t15-,16+/m1/s1. The van der Waals surface area contributed by atoms with Gasteiger partial charge in [-0.3, -0.25) is 9.59 Å². The number of hydrogen-bond acceptors (Lipinski definition) is 5. The van der Waals surface area contributed by atoms with Gasteiger partial charge in [-0.15, -0.1) is 0 Å². The van der Waals surface area contributed by atoms with Gasteiger partial charge in [-0.2, -0.15) is 0 Å². The average molecular weight is 398 g/mol. The Hall–Kier alpha value is -1.41. The van der Waals surface area contributed by atoms with Crippen LogP contribution in [0.4, 0.5) is 0 Å². The molecule has 0 aromatic heterocycles. The second-order valence-electron chi connectivity index (χ2n) is 9.65. The molecule has 2 atom stereocenters. The highest BCUT2D eigenvalue weighted by molar-refractivity contribution is 7.89. The molecule has 0 saturated carbocycles. The molecule has 0 N–H and O–H groups in total. The van der Waals surface area contributed by atoms with Gasteiger partial charge in [0.25, 0.3) is 0 Å². The highest BCUT2D eigenvalue weighted by Gasteiger charge is 2.55. The van der Waals surface area contributed by atoms with Crippen LogP contribution in [0.2, 0.25) is 0 Å². The lowest BCUT2D eigenvalue weighted by Gasteiger charge is -2.44. The average Bonchev–Trinajstić information content (AvgIpc) is 2.95. The first-order valence-electron chi connectivity index (χ1n) is 9.58. The van der Waals surface area contributed by atoms with Gasteiger partial charge >= 0.3 is 0 Å². The molecule has 0 radical (unpaired) electrons. The third-order valence-corrected chi connectivity index (χ3v) is 6.59. The van der Waals surface area contributed by atoms with Crippen LogP contribution in [0.25, 0.3) is 0 Å². The quantitative estimate of drug-likeness (QED) is 0.711. The van der Waals surface area contributed by atoms with Crippen molar-refractivity contribution in [2.75, 3.05) is 32.4 Å². The molecule has 3 aliphatic heterocycles. The van der Waals surface area contributed by atoms with Crippen molar-refractivity contribution in [3.05, 3.63) is 11.8 Å². The van der Waals surface area contributed by atoms with Gasteiger partial charge in [0.2, 0.25) is 21.8 Å². The highest BCUT2D eigenvalue weighted by atomic mass is 32.2. The summed E-state index contributed by atoms with van der Waals surface area (Å²) in [5.74, 6) is -1.02. The van der Waals surface area contributed by atoms with E-state index in [1.54, 1.807) is 11.0 Å². The number of carbonyl (C=O) groups excluding carboxylic acids is 2. The Morgan fingerprint density at radius 3 is 2.33 bits per heavy atom. The molecular weight excluding hydrogens is 366 g/mol. The largest absolute Gasteiger partial charge is 0.329 e. The van der Waals surface area contributed by atoms with Crippen LogP contribution in [0.3, 0.4) is 0 Å². The zero-order chi connectivity index (χ0) is 20.3. The minimum atomic E-state index is -3.69. The van der Waals surface area contributed by atoms with Crippen molar-refractivity contribution in [2.24, 2.45) is 23.2 Å². The minimum absolute atomic E-state index is 0.0326. The molecule has 0 aromatic carbocycles. The Balaban J connectivity index is 1.76. The summed E-state index contributed by atoms with van der Waals surface area (Å²) >= 11 is 0. The lowest BCUT2D eigenvalue weighted by molar-refractivity contribution is -0.143. The maximum Gasteiger partial charge on any atom is 0.246 e. The number of nitrogens with zero attached hydrogens (tertiary/aromatic N) is 3. The fourth-order valence-electron chi connectivity index (χ4n) is 4.56. The van der Waals surface area contributed by atoms with E-state index in [2.05, 4.69) is 25.7 Å². The summed E-state index contributed by atoms with van der Waals surface area (Å²) in [6, 6.07) is -0.462. The third kappa shape index (κ3) is 3.66. The number of carbonyl (C=O) groups is 2. The number of hydrogen-bond donors (Lipinski definition) is 0. The molecule has 0 spiro atoms. The zero-order valence-electron chi connectivity index (χ0n) is 17.1. The maximum atomic E-state index is 13.1. The van der Waals surface area contributed by atoms with Crippen molar-refractivity contribution < 1.29 is 18.0 Å². The molecule has 27 heavy (non-hydrogen) atoms. The molecule has 2 saturated heterocycles. The Kier molecular flexibility index (Phi) is 4.96. The van der Waals surface area contributed by atoms with Gasteiger partial charge in [0.05, 0.1) is 29.8 Å². The molecule has 152 valence electrons. The van der Waals surface area contributed by atoms with Crippen LogP contribution < -0.4 is 0 Å². The fraction of sp³-hybridized carbons (Fsp3) is 0.789. The first kappa shape index (κ1) is 20.3. The van der Waals surface area contributed by atoms with Crippen molar-refractivity contribution in [2.45, 2.75) is 40.7 Å². The maximum absolute atomic E-state index is 13.1. The molecule has 0 bridgehead atoms. The first-order chi connectivity index (χ1) is 12.3. The number of fused-ring (bicyclic) bond motifs is 1. The van der Waals surface area contributed by atoms with E-state index in [-0.39, 0.29) is 23.2 Å². The number of likely N-dealkylation sites (tertiary alicyclic amines) is 1. The molecule has 0 aromatic rings. The van der Waals surface area contributed by atoms with E-state index >= 15 is 0 Å². The van der Waals surface area contributed by atoms with Crippen molar-refractivity contribution in [1.82, 2.24) is 14.1 Å². The van der Waals surface area contributed by atoms with Crippen LogP contribution in [0.5, 0.6) is 0 Å². The van der Waals surface area contributed by atoms with Crippen molar-refractivity contribution in [3.63, 3.8) is 0 Å². The summed E-state index contributed by atoms with van der Waals surface area (Å²) in [5.41, 5.74) is 0.646. The Bertz CT molecular complexity index is 775. The van der Waals surface area contributed by atoms with Gasteiger partial charge in [-0.1, -0.05) is 34.6 Å². The van der Waals surface area contributed by atoms with E-state index in [0.717, 1.165) is 30.2 Å². The first-order valence-corrected chi connectivity index (χ1v) is 11.4. The second-order valence-corrected chi connectivity index (χ2v) is 11.5. The summed E-state index contributed by atoms with van der Waals surface area (Å²) < 4.78 is 25.2. The van der Waals surface area contributed by atoms with E-state index in [9.17, 15) is 18.0 Å². The lowest BCUT2D eigenvalue weighted by atomic mass is 9.87. The van der Waals surface area contributed by atoms with Crippen LogP contribution in [-0.4, -0.2) is 72.8 Å². The van der Waals surface area contributed by atoms with Gasteiger partial charge in [0.15, 0.2) is 0 Å². The van der Waals surface area contributed by atoms with Gasteiger partial charge < -0.3 is 9.80 Å². The summed E-state index contributed by atoms with van der Waals surface area (Å²) in [5, 5.41) is 0. The van der Waals surface area contributed by atoms with E-state index in [0.29, 0.717) is 12.2 Å². The summed E-state index contributed by atoms with van der Waals surface area (Å²) in [4.78, 5) is 29.9. The van der Waals surface area contributed by atoms with Crippen molar-refractivity contribution in [3.8, 4) is 0 Å². The van der Waals surface area contributed by atoms with E-state index < -0.39 is 27.9 Å². The van der Waals surface area contributed by atoms with Crippen LogP contribution in [0.1, 0.15) is 34.6 Å². The Morgan fingerprint density at radius 1 is 1.26 bits per heavy atom. The second kappa shape index (κ2) is 6.58. The van der Waals surface area contributed by atoms with Gasteiger partial charge in [-0.05, 0) is 17.4 Å². The SMILES string of the molecule is CC(C)[C@H]1C(=O)N(S(C)(=O)=O)C2=CCN(C(=O)C3CN(CC(C)(C)C)C3)[C@@H]21. The van der Waals surface area contributed by atoms with Crippen LogP contribution in [0, 0.1) is 23.2 Å². The monoisotopic (exact) mass is 397 g/mol.